The number of hydrogen-bond acceptors (Lipinski definition) is 5. The van der Waals surface area contributed by atoms with Gasteiger partial charge in [0.1, 0.15) is 9.77 Å². The normalized spacial score (nSPS) is 13.4. The van der Waals surface area contributed by atoms with E-state index in [4.69, 9.17) is 5.11 Å². The maximum atomic E-state index is 11.8. The molecule has 1 rings (SSSR count). The smallest absolute Gasteiger partial charge is 0.347 e. The minimum Gasteiger partial charge on any atom is -0.477 e. The number of carboxylic acids is 1. The number of aliphatic hydroxyl groups excluding tert-OH is 1. The molecule has 0 amide bonds. The van der Waals surface area contributed by atoms with E-state index in [9.17, 15) is 18.3 Å². The van der Waals surface area contributed by atoms with Crippen LogP contribution in [0.25, 0.3) is 0 Å². The first-order valence-corrected chi connectivity index (χ1v) is 7.73. The largest absolute Gasteiger partial charge is 0.477 e. The number of rotatable bonds is 7. The van der Waals surface area contributed by atoms with Crippen LogP contribution in [0.3, 0.4) is 0 Å². The molecule has 0 saturated heterocycles. The van der Waals surface area contributed by atoms with Gasteiger partial charge in [-0.25, -0.2) is 17.9 Å². The molecule has 1 heterocycles. The van der Waals surface area contributed by atoms with E-state index in [1.165, 1.54) is 11.4 Å². The number of hydrogen-bond donors (Lipinski definition) is 3. The summed E-state index contributed by atoms with van der Waals surface area (Å²) in [6, 6.07) is 1.24. The predicted octanol–water partition coefficient (Wildman–Crippen LogP) is 0.886. The van der Waals surface area contributed by atoms with Gasteiger partial charge in [-0.05, 0) is 17.9 Å². The standard InChI is InChI=1S/C10H15NO5S2/c1-2-3-7(12)6-11-18(15,16)8-4-5-17-9(8)10(13)14/h4-5,7,11-12H,2-3,6H2,1H3,(H,13,14). The quantitative estimate of drug-likeness (QED) is 0.692. The number of nitrogens with one attached hydrogen (secondary N) is 1. The number of thiophene rings is 1. The van der Waals surface area contributed by atoms with E-state index in [1.54, 1.807) is 0 Å². The second-order valence-electron chi connectivity index (χ2n) is 3.71. The molecule has 1 unspecified atom stereocenters. The van der Waals surface area contributed by atoms with Crippen molar-refractivity contribution in [1.82, 2.24) is 4.72 Å². The lowest BCUT2D eigenvalue weighted by molar-refractivity contribution is 0.0698. The lowest BCUT2D eigenvalue weighted by Crippen LogP contribution is -2.32. The van der Waals surface area contributed by atoms with E-state index in [-0.39, 0.29) is 16.3 Å². The maximum Gasteiger partial charge on any atom is 0.347 e. The Balaban J connectivity index is 2.80. The summed E-state index contributed by atoms with van der Waals surface area (Å²) in [6.45, 7) is 1.75. The molecular formula is C10H15NO5S2. The third-order valence-corrected chi connectivity index (χ3v) is 4.74. The Morgan fingerprint density at radius 1 is 1.56 bits per heavy atom. The summed E-state index contributed by atoms with van der Waals surface area (Å²) in [5.74, 6) is -1.28. The van der Waals surface area contributed by atoms with Crippen LogP contribution in [0.15, 0.2) is 16.3 Å². The predicted molar refractivity (Wildman–Crippen MR) is 67.4 cm³/mol. The average molecular weight is 293 g/mol. The van der Waals surface area contributed by atoms with E-state index in [0.717, 1.165) is 17.8 Å². The zero-order valence-corrected chi connectivity index (χ0v) is 11.4. The van der Waals surface area contributed by atoms with Crippen molar-refractivity contribution in [2.75, 3.05) is 6.54 Å². The summed E-state index contributed by atoms with van der Waals surface area (Å²) < 4.78 is 25.9. The molecule has 0 aromatic carbocycles. The number of aliphatic hydroxyl groups is 1. The number of carbonyl (C=O) groups is 1. The minimum absolute atomic E-state index is 0.120. The summed E-state index contributed by atoms with van der Waals surface area (Å²) in [5, 5.41) is 19.7. The van der Waals surface area contributed by atoms with Crippen LogP contribution in [-0.4, -0.2) is 37.2 Å². The Labute approximate surface area is 109 Å². The lowest BCUT2D eigenvalue weighted by Gasteiger charge is -2.10. The van der Waals surface area contributed by atoms with Gasteiger partial charge in [0.15, 0.2) is 0 Å². The summed E-state index contributed by atoms with van der Waals surface area (Å²) in [5.41, 5.74) is 0. The van der Waals surface area contributed by atoms with E-state index < -0.39 is 22.1 Å². The second-order valence-corrected chi connectivity index (χ2v) is 6.37. The van der Waals surface area contributed by atoms with Gasteiger partial charge in [-0.2, -0.15) is 0 Å². The fourth-order valence-corrected chi connectivity index (χ4v) is 3.71. The molecule has 0 fully saturated rings. The van der Waals surface area contributed by atoms with Gasteiger partial charge in [-0.1, -0.05) is 13.3 Å². The second kappa shape index (κ2) is 6.28. The molecule has 0 bridgehead atoms. The number of aromatic carboxylic acids is 1. The van der Waals surface area contributed by atoms with Gasteiger partial charge in [0.25, 0.3) is 0 Å². The average Bonchev–Trinajstić information content (AvgIpc) is 2.76. The fraction of sp³-hybridized carbons (Fsp3) is 0.500. The topological polar surface area (TPSA) is 104 Å². The molecule has 0 radical (unpaired) electrons. The Bertz CT molecular complexity index is 508. The van der Waals surface area contributed by atoms with E-state index in [1.807, 2.05) is 6.92 Å². The fourth-order valence-electron chi connectivity index (χ4n) is 1.38. The van der Waals surface area contributed by atoms with Gasteiger partial charge < -0.3 is 10.2 Å². The van der Waals surface area contributed by atoms with Gasteiger partial charge in [0.05, 0.1) is 6.10 Å². The van der Waals surface area contributed by atoms with Gasteiger partial charge in [-0.15, -0.1) is 11.3 Å². The van der Waals surface area contributed by atoms with Gasteiger partial charge >= 0.3 is 5.97 Å². The van der Waals surface area contributed by atoms with Gasteiger partial charge in [0, 0.05) is 6.54 Å². The molecule has 0 saturated carbocycles. The Kier molecular flexibility index (Phi) is 5.27. The molecule has 0 aliphatic rings. The van der Waals surface area contributed by atoms with Crippen molar-refractivity contribution in [1.29, 1.82) is 0 Å². The molecular weight excluding hydrogens is 278 g/mol. The van der Waals surface area contributed by atoms with Crippen molar-refractivity contribution >= 4 is 27.3 Å². The van der Waals surface area contributed by atoms with Crippen LogP contribution >= 0.6 is 11.3 Å². The van der Waals surface area contributed by atoms with E-state index in [2.05, 4.69) is 4.72 Å². The van der Waals surface area contributed by atoms with E-state index >= 15 is 0 Å². The van der Waals surface area contributed by atoms with Crippen molar-refractivity contribution in [3.05, 3.63) is 16.3 Å². The van der Waals surface area contributed by atoms with Crippen LogP contribution in [-0.2, 0) is 10.0 Å². The van der Waals surface area contributed by atoms with E-state index in [0.29, 0.717) is 6.42 Å². The van der Waals surface area contributed by atoms with Crippen LogP contribution < -0.4 is 4.72 Å². The summed E-state index contributed by atoms with van der Waals surface area (Å²) in [4.78, 5) is 10.3. The Hall–Kier alpha value is -0.960. The number of sulfonamides is 1. The third kappa shape index (κ3) is 3.77. The first-order chi connectivity index (χ1) is 8.38. The maximum absolute atomic E-state index is 11.8. The molecule has 3 N–H and O–H groups in total. The lowest BCUT2D eigenvalue weighted by atomic mass is 10.2. The molecule has 6 nitrogen and oxygen atoms in total. The molecule has 1 atom stereocenters. The summed E-state index contributed by atoms with van der Waals surface area (Å²) >= 11 is 0.848. The van der Waals surface area contributed by atoms with Crippen molar-refractivity contribution in [3.63, 3.8) is 0 Å². The zero-order chi connectivity index (χ0) is 13.8. The van der Waals surface area contributed by atoms with Crippen molar-refractivity contribution in [2.24, 2.45) is 0 Å². The summed E-state index contributed by atoms with van der Waals surface area (Å²) in [7, 11) is -3.89. The molecule has 1 aromatic rings. The molecule has 0 aliphatic heterocycles. The van der Waals surface area contributed by atoms with Crippen LogP contribution in [0.1, 0.15) is 29.4 Å². The molecule has 102 valence electrons. The highest BCUT2D eigenvalue weighted by atomic mass is 32.2. The highest BCUT2D eigenvalue weighted by molar-refractivity contribution is 7.89. The van der Waals surface area contributed by atoms with Crippen molar-refractivity contribution in [3.8, 4) is 0 Å². The SMILES string of the molecule is CCCC(O)CNS(=O)(=O)c1ccsc1C(=O)O. The monoisotopic (exact) mass is 293 g/mol. The van der Waals surface area contributed by atoms with Crippen LogP contribution in [0.5, 0.6) is 0 Å². The van der Waals surface area contributed by atoms with Crippen LogP contribution in [0.4, 0.5) is 0 Å². The van der Waals surface area contributed by atoms with Crippen LogP contribution in [0, 0.1) is 0 Å². The molecule has 0 spiro atoms. The zero-order valence-electron chi connectivity index (χ0n) is 9.79. The first kappa shape index (κ1) is 15.1. The van der Waals surface area contributed by atoms with Gasteiger partial charge in [-0.3, -0.25) is 0 Å². The van der Waals surface area contributed by atoms with Gasteiger partial charge in [0.2, 0.25) is 10.0 Å². The highest BCUT2D eigenvalue weighted by Crippen LogP contribution is 2.21. The highest BCUT2D eigenvalue weighted by Gasteiger charge is 2.24. The van der Waals surface area contributed by atoms with Crippen molar-refractivity contribution < 1.29 is 23.4 Å². The number of carboxylic acid groups (broad SMARTS) is 1. The molecule has 1 aromatic heterocycles. The Morgan fingerprint density at radius 2 is 2.22 bits per heavy atom. The van der Waals surface area contributed by atoms with Crippen LogP contribution in [0.2, 0.25) is 0 Å². The third-order valence-electron chi connectivity index (χ3n) is 2.24. The first-order valence-electron chi connectivity index (χ1n) is 5.37. The molecule has 8 heteroatoms. The summed E-state index contributed by atoms with van der Waals surface area (Å²) in [6.07, 6.45) is 0.455. The minimum atomic E-state index is -3.89. The Morgan fingerprint density at radius 3 is 2.78 bits per heavy atom. The molecule has 0 aliphatic carbocycles. The molecule has 18 heavy (non-hydrogen) atoms. The van der Waals surface area contributed by atoms with Crippen molar-refractivity contribution in [2.45, 2.75) is 30.8 Å².